The van der Waals surface area contributed by atoms with Gasteiger partial charge in [0.2, 0.25) is 17.6 Å². The van der Waals surface area contributed by atoms with E-state index in [0.29, 0.717) is 24.8 Å². The number of thiophene rings is 1. The van der Waals surface area contributed by atoms with Crippen molar-refractivity contribution in [1.29, 1.82) is 0 Å². The van der Waals surface area contributed by atoms with Crippen LogP contribution in [0, 0.1) is 0 Å². The maximum atomic E-state index is 11.6. The van der Waals surface area contributed by atoms with E-state index in [1.54, 1.807) is 16.2 Å². The average molecular weight is 321 g/mol. The molecule has 1 fully saturated rings. The van der Waals surface area contributed by atoms with Gasteiger partial charge in [-0.05, 0) is 18.4 Å². The molecule has 0 aromatic carbocycles. The van der Waals surface area contributed by atoms with Gasteiger partial charge >= 0.3 is 0 Å². The summed E-state index contributed by atoms with van der Waals surface area (Å²) in [6.07, 6.45) is 0. The summed E-state index contributed by atoms with van der Waals surface area (Å²) in [7, 11) is 0. The van der Waals surface area contributed by atoms with Gasteiger partial charge in [-0.15, -0.1) is 11.3 Å². The topological polar surface area (TPSA) is 88.5 Å². The Morgan fingerprint density at radius 3 is 2.86 bits per heavy atom. The van der Waals surface area contributed by atoms with E-state index < -0.39 is 0 Å². The quantitative estimate of drug-likeness (QED) is 0.902. The molecular weight excluding hydrogens is 302 g/mol. The van der Waals surface area contributed by atoms with Crippen LogP contribution in [0.3, 0.4) is 0 Å². The molecule has 0 saturated carbocycles. The summed E-state index contributed by atoms with van der Waals surface area (Å²) >= 11 is 1.59. The van der Waals surface area contributed by atoms with Gasteiger partial charge in [-0.2, -0.15) is 4.98 Å². The number of carbonyl (C=O) groups is 1. The summed E-state index contributed by atoms with van der Waals surface area (Å²) in [6, 6.07) is 3.98. The van der Waals surface area contributed by atoms with E-state index in [2.05, 4.69) is 15.0 Å². The van der Waals surface area contributed by atoms with Crippen LogP contribution in [0.1, 0.15) is 18.9 Å². The zero-order valence-corrected chi connectivity index (χ0v) is 13.3. The first kappa shape index (κ1) is 15.1. The number of carbonyl (C=O) groups excluding carboxylic acids is 1. The zero-order chi connectivity index (χ0) is 15.5. The molecule has 1 saturated heterocycles. The summed E-state index contributed by atoms with van der Waals surface area (Å²) in [6.45, 7) is 5.06. The van der Waals surface area contributed by atoms with Gasteiger partial charge in [0.25, 0.3) is 0 Å². The fourth-order valence-corrected chi connectivity index (χ4v) is 3.20. The van der Waals surface area contributed by atoms with Gasteiger partial charge in [-0.25, -0.2) is 0 Å². The Balaban J connectivity index is 1.63. The highest BCUT2D eigenvalue weighted by Gasteiger charge is 2.27. The maximum Gasteiger partial charge on any atom is 0.244 e. The predicted octanol–water partition coefficient (Wildman–Crippen LogP) is 0.962. The third-order valence-electron chi connectivity index (χ3n) is 3.93. The van der Waals surface area contributed by atoms with Crippen LogP contribution in [0.5, 0.6) is 0 Å². The highest BCUT2D eigenvalue weighted by atomic mass is 32.1. The summed E-state index contributed by atoms with van der Waals surface area (Å²) in [5, 5.41) is 6.04. The van der Waals surface area contributed by atoms with Crippen molar-refractivity contribution in [2.75, 3.05) is 32.7 Å². The van der Waals surface area contributed by atoms with Gasteiger partial charge in [0.05, 0.1) is 17.5 Å². The van der Waals surface area contributed by atoms with E-state index in [1.807, 2.05) is 24.4 Å². The van der Waals surface area contributed by atoms with Crippen molar-refractivity contribution in [1.82, 2.24) is 19.9 Å². The van der Waals surface area contributed by atoms with Crippen molar-refractivity contribution in [2.24, 2.45) is 5.73 Å². The van der Waals surface area contributed by atoms with Crippen LogP contribution in [0.4, 0.5) is 0 Å². The molecule has 7 nitrogen and oxygen atoms in total. The molecule has 0 spiro atoms. The number of aromatic nitrogens is 2. The Morgan fingerprint density at radius 2 is 2.23 bits per heavy atom. The highest BCUT2D eigenvalue weighted by molar-refractivity contribution is 7.13. The van der Waals surface area contributed by atoms with E-state index >= 15 is 0 Å². The Hall–Kier alpha value is -1.77. The van der Waals surface area contributed by atoms with Crippen LogP contribution in [0.25, 0.3) is 10.7 Å². The lowest BCUT2D eigenvalue weighted by Gasteiger charge is -2.36. The van der Waals surface area contributed by atoms with E-state index in [1.165, 1.54) is 0 Å². The smallest absolute Gasteiger partial charge is 0.244 e. The number of hydrogen-bond donors (Lipinski definition) is 1. The highest BCUT2D eigenvalue weighted by Crippen LogP contribution is 2.25. The Morgan fingerprint density at radius 1 is 1.45 bits per heavy atom. The molecule has 1 aliphatic rings. The molecule has 0 radical (unpaired) electrons. The van der Waals surface area contributed by atoms with Crippen LogP contribution in [-0.2, 0) is 4.79 Å². The summed E-state index contributed by atoms with van der Waals surface area (Å²) in [4.78, 5) is 21.1. The lowest BCUT2D eigenvalue weighted by atomic mass is 10.2. The van der Waals surface area contributed by atoms with Crippen molar-refractivity contribution >= 4 is 17.2 Å². The summed E-state index contributed by atoms with van der Waals surface area (Å²) < 4.78 is 5.40. The van der Waals surface area contributed by atoms with Gasteiger partial charge in [0.1, 0.15) is 0 Å². The molecular formula is C14H19N5O2S. The number of nitrogens with zero attached hydrogens (tertiary/aromatic N) is 4. The first-order valence-electron chi connectivity index (χ1n) is 7.28. The standard InChI is InChI=1S/C14H19N5O2S/c1-10(18-4-6-19(7-5-18)12(20)9-15)14-16-13(17-21-14)11-3-2-8-22-11/h2-3,8,10H,4-7,9,15H2,1H3. The monoisotopic (exact) mass is 321 g/mol. The normalized spacial score (nSPS) is 17.6. The van der Waals surface area contributed by atoms with Gasteiger partial charge in [-0.3, -0.25) is 9.69 Å². The molecule has 0 bridgehead atoms. The van der Waals surface area contributed by atoms with Crippen molar-refractivity contribution in [3.8, 4) is 10.7 Å². The van der Waals surface area contributed by atoms with E-state index in [-0.39, 0.29) is 18.5 Å². The number of piperazine rings is 1. The second-order valence-corrected chi connectivity index (χ2v) is 6.18. The number of hydrogen-bond acceptors (Lipinski definition) is 7. The lowest BCUT2D eigenvalue weighted by molar-refractivity contribution is -0.131. The predicted molar refractivity (Wildman–Crippen MR) is 83.2 cm³/mol. The van der Waals surface area contributed by atoms with Crippen LogP contribution < -0.4 is 5.73 Å². The van der Waals surface area contributed by atoms with Crippen LogP contribution in [0.15, 0.2) is 22.0 Å². The van der Waals surface area contributed by atoms with Gasteiger partial charge in [0, 0.05) is 26.2 Å². The van der Waals surface area contributed by atoms with Gasteiger partial charge < -0.3 is 15.2 Å². The molecule has 0 aliphatic carbocycles. The van der Waals surface area contributed by atoms with E-state index in [9.17, 15) is 4.79 Å². The second kappa shape index (κ2) is 6.55. The van der Waals surface area contributed by atoms with Gasteiger partial charge in [0.15, 0.2) is 0 Å². The van der Waals surface area contributed by atoms with Crippen molar-refractivity contribution in [3.63, 3.8) is 0 Å². The fourth-order valence-electron chi connectivity index (χ4n) is 2.55. The number of amides is 1. The van der Waals surface area contributed by atoms with Crippen LogP contribution in [0.2, 0.25) is 0 Å². The van der Waals surface area contributed by atoms with Crippen molar-refractivity contribution < 1.29 is 9.32 Å². The third kappa shape index (κ3) is 3.03. The Bertz CT molecular complexity index is 619. The molecule has 1 amide bonds. The molecule has 1 atom stereocenters. The molecule has 22 heavy (non-hydrogen) atoms. The fraction of sp³-hybridized carbons (Fsp3) is 0.500. The summed E-state index contributed by atoms with van der Waals surface area (Å²) in [5.41, 5.74) is 5.40. The molecule has 1 aliphatic heterocycles. The minimum Gasteiger partial charge on any atom is -0.339 e. The van der Waals surface area contributed by atoms with E-state index in [0.717, 1.165) is 18.0 Å². The molecule has 2 aromatic rings. The molecule has 8 heteroatoms. The lowest BCUT2D eigenvalue weighted by Crippen LogP contribution is -2.50. The number of nitrogens with two attached hydrogens (primary N) is 1. The second-order valence-electron chi connectivity index (χ2n) is 5.23. The Labute approximate surface area is 132 Å². The molecule has 2 N–H and O–H groups in total. The molecule has 3 heterocycles. The largest absolute Gasteiger partial charge is 0.339 e. The Kier molecular flexibility index (Phi) is 4.51. The average Bonchev–Trinajstić information content (AvgIpc) is 3.24. The first-order chi connectivity index (χ1) is 10.7. The number of rotatable bonds is 4. The SMILES string of the molecule is CC(c1nc(-c2cccs2)no1)N1CCN(C(=O)CN)CC1. The molecule has 1 unspecified atom stereocenters. The minimum absolute atomic E-state index is 0.00470. The molecule has 3 rings (SSSR count). The minimum atomic E-state index is 0.00470. The molecule has 118 valence electrons. The third-order valence-corrected chi connectivity index (χ3v) is 4.80. The first-order valence-corrected chi connectivity index (χ1v) is 8.16. The summed E-state index contributed by atoms with van der Waals surface area (Å²) in [5.74, 6) is 1.25. The van der Waals surface area contributed by atoms with Gasteiger partial charge in [-0.1, -0.05) is 11.2 Å². The molecule has 2 aromatic heterocycles. The van der Waals surface area contributed by atoms with E-state index in [4.69, 9.17) is 10.3 Å². The zero-order valence-electron chi connectivity index (χ0n) is 12.4. The van der Waals surface area contributed by atoms with Crippen molar-refractivity contribution in [2.45, 2.75) is 13.0 Å². The van der Waals surface area contributed by atoms with Crippen molar-refractivity contribution in [3.05, 3.63) is 23.4 Å². The van der Waals surface area contributed by atoms with Crippen LogP contribution >= 0.6 is 11.3 Å². The maximum absolute atomic E-state index is 11.6. The van der Waals surface area contributed by atoms with Crippen LogP contribution in [-0.4, -0.2) is 58.6 Å².